The first-order valence-electron chi connectivity index (χ1n) is 8.85. The highest BCUT2D eigenvalue weighted by Gasteiger charge is 2.51. The minimum absolute atomic E-state index is 0.00271. The zero-order valence-corrected chi connectivity index (χ0v) is 15.9. The van der Waals surface area contributed by atoms with E-state index in [1.165, 1.54) is 4.31 Å². The smallest absolute Gasteiger partial charge is 0.281 e. The van der Waals surface area contributed by atoms with Gasteiger partial charge in [0.05, 0.1) is 6.04 Å². The summed E-state index contributed by atoms with van der Waals surface area (Å²) < 4.78 is 28.7. The molecule has 2 aliphatic heterocycles. The van der Waals surface area contributed by atoms with Crippen LogP contribution in [0.4, 0.5) is 0 Å². The van der Waals surface area contributed by atoms with Crippen LogP contribution in [0.15, 0.2) is 30.3 Å². The molecule has 0 bridgehead atoms. The second-order valence-corrected chi connectivity index (χ2v) is 9.24. The van der Waals surface area contributed by atoms with Crippen LogP contribution in [-0.4, -0.2) is 67.1 Å². The summed E-state index contributed by atoms with van der Waals surface area (Å²) in [6, 6.07) is 9.72. The Morgan fingerprint density at radius 2 is 1.84 bits per heavy atom. The molecule has 3 atom stereocenters. The Kier molecular flexibility index (Phi) is 5.18. The highest BCUT2D eigenvalue weighted by atomic mass is 32.2. The number of carbonyl (C=O) groups excluding carboxylic acids is 1. The van der Waals surface area contributed by atoms with E-state index in [-0.39, 0.29) is 23.9 Å². The van der Waals surface area contributed by atoms with Crippen LogP contribution in [0.3, 0.4) is 0 Å². The molecule has 1 amide bonds. The van der Waals surface area contributed by atoms with E-state index >= 15 is 0 Å². The van der Waals surface area contributed by atoms with E-state index in [1.807, 2.05) is 35.2 Å². The monoisotopic (exact) mass is 365 g/mol. The van der Waals surface area contributed by atoms with Gasteiger partial charge in [0.2, 0.25) is 5.91 Å². The summed E-state index contributed by atoms with van der Waals surface area (Å²) in [4.78, 5) is 14.2. The maximum absolute atomic E-state index is 12.9. The fourth-order valence-corrected chi connectivity index (χ4v) is 5.59. The second kappa shape index (κ2) is 7.05. The third-order valence-electron chi connectivity index (χ3n) is 5.45. The number of hydrogen-bond acceptors (Lipinski definition) is 3. The molecule has 2 aliphatic rings. The Morgan fingerprint density at radius 1 is 1.16 bits per heavy atom. The summed E-state index contributed by atoms with van der Waals surface area (Å²) in [7, 11) is -0.386. The molecule has 6 nitrogen and oxygen atoms in total. The number of benzene rings is 1. The number of rotatable bonds is 3. The standard InChI is InChI=1S/C18H27N3O3S/c1-14(22)20-12-8-7-11-17-18(20)16(15-9-5-4-6-10-15)13-21(17)25(23,24)19(2)3/h4-6,9-10,16-18H,7-8,11-13H2,1-3H3/t16-,17-,18-/m0/s1. The first-order valence-corrected chi connectivity index (χ1v) is 10.2. The van der Waals surface area contributed by atoms with E-state index in [0.29, 0.717) is 13.1 Å². The first-order chi connectivity index (χ1) is 11.8. The molecule has 25 heavy (non-hydrogen) atoms. The van der Waals surface area contributed by atoms with Gasteiger partial charge in [-0.2, -0.15) is 17.0 Å². The minimum atomic E-state index is -3.52. The van der Waals surface area contributed by atoms with E-state index in [1.54, 1.807) is 25.3 Å². The van der Waals surface area contributed by atoms with Crippen molar-refractivity contribution in [1.29, 1.82) is 0 Å². The van der Waals surface area contributed by atoms with Crippen LogP contribution in [0, 0.1) is 0 Å². The number of amides is 1. The Bertz CT molecular complexity index is 720. The average Bonchev–Trinajstić information content (AvgIpc) is 2.81. The first kappa shape index (κ1) is 18.4. The third kappa shape index (κ3) is 3.32. The van der Waals surface area contributed by atoms with Gasteiger partial charge in [-0.25, -0.2) is 0 Å². The zero-order valence-electron chi connectivity index (χ0n) is 15.1. The van der Waals surface area contributed by atoms with Crippen molar-refractivity contribution in [1.82, 2.24) is 13.5 Å². The normalized spacial score (nSPS) is 28.0. The molecule has 0 saturated carbocycles. The molecule has 0 unspecified atom stereocenters. The maximum Gasteiger partial charge on any atom is 0.281 e. The summed E-state index contributed by atoms with van der Waals surface area (Å²) in [5.74, 6) is 0.0323. The van der Waals surface area contributed by atoms with Gasteiger partial charge in [0.1, 0.15) is 0 Å². The van der Waals surface area contributed by atoms with Gasteiger partial charge in [-0.05, 0) is 18.4 Å². The SMILES string of the molecule is CC(=O)N1CCCC[C@H]2[C@@H]1[C@H](c1ccccc1)CN2S(=O)(=O)N(C)C. The van der Waals surface area contributed by atoms with Gasteiger partial charge >= 0.3 is 0 Å². The molecule has 0 aromatic heterocycles. The van der Waals surface area contributed by atoms with Crippen molar-refractivity contribution in [3.8, 4) is 0 Å². The van der Waals surface area contributed by atoms with Gasteiger partial charge in [0, 0.05) is 46.1 Å². The summed E-state index contributed by atoms with van der Waals surface area (Å²) in [6.45, 7) is 2.72. The molecule has 7 heteroatoms. The Hall–Kier alpha value is -1.44. The van der Waals surface area contributed by atoms with Crippen molar-refractivity contribution >= 4 is 16.1 Å². The average molecular weight is 365 g/mol. The molecule has 0 radical (unpaired) electrons. The number of fused-ring (bicyclic) bond motifs is 1. The molecular weight excluding hydrogens is 338 g/mol. The van der Waals surface area contributed by atoms with E-state index in [9.17, 15) is 13.2 Å². The van der Waals surface area contributed by atoms with E-state index in [4.69, 9.17) is 0 Å². The van der Waals surface area contributed by atoms with E-state index in [0.717, 1.165) is 24.8 Å². The number of hydrogen-bond donors (Lipinski definition) is 0. The van der Waals surface area contributed by atoms with Crippen molar-refractivity contribution in [2.75, 3.05) is 27.2 Å². The van der Waals surface area contributed by atoms with Crippen LogP contribution in [0.1, 0.15) is 37.7 Å². The van der Waals surface area contributed by atoms with Crippen LogP contribution >= 0.6 is 0 Å². The highest BCUT2D eigenvalue weighted by molar-refractivity contribution is 7.86. The molecule has 138 valence electrons. The summed E-state index contributed by atoms with van der Waals surface area (Å²) in [6.07, 6.45) is 2.65. The van der Waals surface area contributed by atoms with E-state index < -0.39 is 10.2 Å². The Labute approximate surface area is 150 Å². The molecule has 1 aromatic rings. The molecule has 0 N–H and O–H groups in total. The molecular formula is C18H27N3O3S. The zero-order chi connectivity index (χ0) is 18.2. The Morgan fingerprint density at radius 3 is 2.44 bits per heavy atom. The topological polar surface area (TPSA) is 60.9 Å². The molecule has 0 spiro atoms. The number of nitrogens with zero attached hydrogens (tertiary/aromatic N) is 3. The number of likely N-dealkylation sites (tertiary alicyclic amines) is 1. The van der Waals surface area contributed by atoms with Crippen molar-refractivity contribution < 1.29 is 13.2 Å². The van der Waals surface area contributed by atoms with Gasteiger partial charge in [-0.1, -0.05) is 36.8 Å². The summed E-state index contributed by atoms with van der Waals surface area (Å²) >= 11 is 0. The fraction of sp³-hybridized carbons (Fsp3) is 0.611. The van der Waals surface area contributed by atoms with Gasteiger partial charge < -0.3 is 4.90 Å². The molecule has 1 aromatic carbocycles. The largest absolute Gasteiger partial charge is 0.338 e. The lowest BCUT2D eigenvalue weighted by Gasteiger charge is -2.35. The number of carbonyl (C=O) groups is 1. The maximum atomic E-state index is 12.9. The van der Waals surface area contributed by atoms with Crippen LogP contribution in [0.5, 0.6) is 0 Å². The van der Waals surface area contributed by atoms with Crippen LogP contribution in [0.2, 0.25) is 0 Å². The van der Waals surface area contributed by atoms with Crippen molar-refractivity contribution in [2.45, 2.75) is 44.2 Å². The van der Waals surface area contributed by atoms with Crippen LogP contribution in [0.25, 0.3) is 0 Å². The quantitative estimate of drug-likeness (QED) is 0.818. The van der Waals surface area contributed by atoms with Crippen molar-refractivity contribution in [3.63, 3.8) is 0 Å². The van der Waals surface area contributed by atoms with Gasteiger partial charge in [0.15, 0.2) is 0 Å². The third-order valence-corrected chi connectivity index (χ3v) is 7.39. The van der Waals surface area contributed by atoms with Crippen LogP contribution in [-0.2, 0) is 15.0 Å². The van der Waals surface area contributed by atoms with Crippen molar-refractivity contribution in [2.24, 2.45) is 0 Å². The molecule has 2 heterocycles. The lowest BCUT2D eigenvalue weighted by atomic mass is 9.89. The van der Waals surface area contributed by atoms with Crippen LogP contribution < -0.4 is 0 Å². The Balaban J connectivity index is 2.07. The van der Waals surface area contributed by atoms with Gasteiger partial charge in [-0.3, -0.25) is 4.79 Å². The molecule has 3 rings (SSSR count). The molecule has 2 saturated heterocycles. The minimum Gasteiger partial charge on any atom is -0.338 e. The fourth-order valence-electron chi connectivity index (χ4n) is 4.25. The van der Waals surface area contributed by atoms with Crippen molar-refractivity contribution in [3.05, 3.63) is 35.9 Å². The van der Waals surface area contributed by atoms with Gasteiger partial charge in [0.25, 0.3) is 10.2 Å². The molecule has 0 aliphatic carbocycles. The highest BCUT2D eigenvalue weighted by Crippen LogP contribution is 2.41. The molecule has 2 fully saturated rings. The predicted octanol–water partition coefficient (Wildman–Crippen LogP) is 1.66. The summed E-state index contributed by atoms with van der Waals surface area (Å²) in [5, 5.41) is 0. The lowest BCUT2D eigenvalue weighted by Crippen LogP contribution is -2.50. The predicted molar refractivity (Wildman–Crippen MR) is 97.3 cm³/mol. The van der Waals surface area contributed by atoms with Gasteiger partial charge in [-0.15, -0.1) is 0 Å². The second-order valence-electron chi connectivity index (χ2n) is 7.14. The summed E-state index contributed by atoms with van der Waals surface area (Å²) in [5.41, 5.74) is 1.10. The van der Waals surface area contributed by atoms with E-state index in [2.05, 4.69) is 0 Å². The lowest BCUT2D eigenvalue weighted by molar-refractivity contribution is -0.131.